The van der Waals surface area contributed by atoms with Gasteiger partial charge in [0.15, 0.2) is 0 Å². The second kappa shape index (κ2) is 5.81. The first kappa shape index (κ1) is 14.0. The van der Waals surface area contributed by atoms with Crippen LogP contribution in [0.25, 0.3) is 22.8 Å². The average molecular weight is 294 g/mol. The topological polar surface area (TPSA) is 65.2 Å². The molecule has 0 aliphatic carbocycles. The standard InChI is InChI=1S/C17H14N2O3/c1-11-4-3-5-14(10-11)15-18-16(22-19-15)12-6-8-13(9-7-12)17(20)21-2/h3-10H,1-2H3. The van der Waals surface area contributed by atoms with Gasteiger partial charge in [-0.05, 0) is 37.3 Å². The Bertz CT molecular complexity index is 807. The Kier molecular flexibility index (Phi) is 3.70. The summed E-state index contributed by atoms with van der Waals surface area (Å²) in [6.45, 7) is 2.01. The van der Waals surface area contributed by atoms with Gasteiger partial charge in [-0.1, -0.05) is 28.9 Å². The van der Waals surface area contributed by atoms with E-state index in [-0.39, 0.29) is 5.97 Å². The van der Waals surface area contributed by atoms with E-state index in [1.165, 1.54) is 7.11 Å². The van der Waals surface area contributed by atoms with E-state index < -0.39 is 0 Å². The Balaban J connectivity index is 1.89. The van der Waals surface area contributed by atoms with Gasteiger partial charge in [-0.25, -0.2) is 4.79 Å². The monoisotopic (exact) mass is 294 g/mol. The van der Waals surface area contributed by atoms with Crippen LogP contribution in [0.15, 0.2) is 53.1 Å². The van der Waals surface area contributed by atoms with Gasteiger partial charge in [0.2, 0.25) is 5.82 Å². The first-order valence-corrected chi connectivity index (χ1v) is 6.77. The molecular weight excluding hydrogens is 280 g/mol. The molecule has 0 bridgehead atoms. The Morgan fingerprint density at radius 1 is 1.09 bits per heavy atom. The predicted octanol–water partition coefficient (Wildman–Crippen LogP) is 3.50. The molecular formula is C17H14N2O3. The highest BCUT2D eigenvalue weighted by Crippen LogP contribution is 2.23. The predicted molar refractivity (Wildman–Crippen MR) is 81.2 cm³/mol. The Labute approximate surface area is 127 Å². The molecule has 110 valence electrons. The van der Waals surface area contributed by atoms with Crippen molar-refractivity contribution in [2.24, 2.45) is 0 Å². The van der Waals surface area contributed by atoms with Crippen molar-refractivity contribution in [3.05, 3.63) is 59.7 Å². The number of hydrogen-bond acceptors (Lipinski definition) is 5. The summed E-state index contributed by atoms with van der Waals surface area (Å²) in [5.74, 6) is 0.571. The summed E-state index contributed by atoms with van der Waals surface area (Å²) in [5.41, 5.74) is 3.26. The second-order valence-corrected chi connectivity index (χ2v) is 4.86. The van der Waals surface area contributed by atoms with Crippen LogP contribution in [0.1, 0.15) is 15.9 Å². The molecule has 0 aliphatic heterocycles. The van der Waals surface area contributed by atoms with Gasteiger partial charge in [0.05, 0.1) is 12.7 Å². The molecule has 0 saturated carbocycles. The van der Waals surface area contributed by atoms with Crippen LogP contribution in [0.3, 0.4) is 0 Å². The van der Waals surface area contributed by atoms with Gasteiger partial charge < -0.3 is 9.26 Å². The molecule has 3 rings (SSSR count). The molecule has 0 radical (unpaired) electrons. The molecule has 5 heteroatoms. The summed E-state index contributed by atoms with van der Waals surface area (Å²) in [4.78, 5) is 15.8. The highest BCUT2D eigenvalue weighted by molar-refractivity contribution is 5.89. The molecule has 0 fully saturated rings. The minimum atomic E-state index is -0.377. The van der Waals surface area contributed by atoms with Crippen molar-refractivity contribution >= 4 is 5.97 Å². The number of esters is 1. The minimum Gasteiger partial charge on any atom is -0.465 e. The van der Waals surface area contributed by atoms with Crippen LogP contribution in [0.4, 0.5) is 0 Å². The van der Waals surface area contributed by atoms with E-state index in [9.17, 15) is 4.79 Å². The van der Waals surface area contributed by atoms with Crippen molar-refractivity contribution in [3.8, 4) is 22.8 Å². The Morgan fingerprint density at radius 2 is 1.86 bits per heavy atom. The summed E-state index contributed by atoms with van der Waals surface area (Å²) < 4.78 is 9.96. The molecule has 1 heterocycles. The van der Waals surface area contributed by atoms with Gasteiger partial charge >= 0.3 is 5.97 Å². The van der Waals surface area contributed by atoms with Crippen LogP contribution in [0.5, 0.6) is 0 Å². The molecule has 0 saturated heterocycles. The maximum absolute atomic E-state index is 11.4. The van der Waals surface area contributed by atoms with Gasteiger partial charge in [0, 0.05) is 11.1 Å². The number of rotatable bonds is 3. The lowest BCUT2D eigenvalue weighted by Crippen LogP contribution is -2.00. The molecule has 0 unspecified atom stereocenters. The highest BCUT2D eigenvalue weighted by atomic mass is 16.5. The smallest absolute Gasteiger partial charge is 0.337 e. The van der Waals surface area contributed by atoms with Crippen LogP contribution >= 0.6 is 0 Å². The molecule has 2 aromatic carbocycles. The third kappa shape index (κ3) is 2.74. The number of nitrogens with zero attached hydrogens (tertiary/aromatic N) is 2. The summed E-state index contributed by atoms with van der Waals surface area (Å²) >= 11 is 0. The van der Waals surface area contributed by atoms with E-state index in [0.29, 0.717) is 17.3 Å². The largest absolute Gasteiger partial charge is 0.465 e. The van der Waals surface area contributed by atoms with Crippen molar-refractivity contribution in [2.75, 3.05) is 7.11 Å². The van der Waals surface area contributed by atoms with Crippen molar-refractivity contribution in [1.82, 2.24) is 10.1 Å². The first-order chi connectivity index (χ1) is 10.7. The highest BCUT2D eigenvalue weighted by Gasteiger charge is 2.12. The fraction of sp³-hybridized carbons (Fsp3) is 0.118. The molecule has 0 amide bonds. The number of methoxy groups -OCH3 is 1. The Morgan fingerprint density at radius 3 is 2.55 bits per heavy atom. The number of ether oxygens (including phenoxy) is 1. The van der Waals surface area contributed by atoms with E-state index in [0.717, 1.165) is 16.7 Å². The zero-order chi connectivity index (χ0) is 15.5. The van der Waals surface area contributed by atoms with E-state index in [1.54, 1.807) is 24.3 Å². The minimum absolute atomic E-state index is 0.377. The molecule has 22 heavy (non-hydrogen) atoms. The van der Waals surface area contributed by atoms with Gasteiger partial charge in [0.25, 0.3) is 5.89 Å². The first-order valence-electron chi connectivity index (χ1n) is 6.77. The van der Waals surface area contributed by atoms with E-state index in [2.05, 4.69) is 14.9 Å². The number of carbonyl (C=O) groups excluding carboxylic acids is 1. The number of aromatic nitrogens is 2. The fourth-order valence-corrected chi connectivity index (χ4v) is 2.11. The zero-order valence-electron chi connectivity index (χ0n) is 12.2. The second-order valence-electron chi connectivity index (χ2n) is 4.86. The Hall–Kier alpha value is -2.95. The number of hydrogen-bond donors (Lipinski definition) is 0. The van der Waals surface area contributed by atoms with Gasteiger partial charge in [-0.3, -0.25) is 0 Å². The van der Waals surface area contributed by atoms with E-state index >= 15 is 0 Å². The summed E-state index contributed by atoms with van der Waals surface area (Å²) in [6.07, 6.45) is 0. The summed E-state index contributed by atoms with van der Waals surface area (Å²) in [7, 11) is 1.35. The van der Waals surface area contributed by atoms with Crippen molar-refractivity contribution in [1.29, 1.82) is 0 Å². The van der Waals surface area contributed by atoms with Crippen LogP contribution in [0, 0.1) is 6.92 Å². The molecule has 0 spiro atoms. The number of aryl methyl sites for hydroxylation is 1. The quantitative estimate of drug-likeness (QED) is 0.692. The number of carbonyl (C=O) groups is 1. The molecule has 5 nitrogen and oxygen atoms in total. The maximum Gasteiger partial charge on any atom is 0.337 e. The third-order valence-corrected chi connectivity index (χ3v) is 3.26. The van der Waals surface area contributed by atoms with Gasteiger partial charge in [0.1, 0.15) is 0 Å². The third-order valence-electron chi connectivity index (χ3n) is 3.26. The van der Waals surface area contributed by atoms with Crippen molar-refractivity contribution < 1.29 is 14.1 Å². The van der Waals surface area contributed by atoms with Gasteiger partial charge in [-0.2, -0.15) is 4.98 Å². The lowest BCUT2D eigenvalue weighted by molar-refractivity contribution is 0.0601. The molecule has 0 atom stereocenters. The van der Waals surface area contributed by atoms with Crippen molar-refractivity contribution in [2.45, 2.75) is 6.92 Å². The van der Waals surface area contributed by atoms with E-state index in [1.807, 2.05) is 31.2 Å². The lowest BCUT2D eigenvalue weighted by atomic mass is 10.1. The molecule has 1 aromatic heterocycles. The summed E-state index contributed by atoms with van der Waals surface area (Å²) in [5, 5.41) is 4.00. The molecule has 0 aliphatic rings. The number of benzene rings is 2. The maximum atomic E-state index is 11.4. The van der Waals surface area contributed by atoms with E-state index in [4.69, 9.17) is 4.52 Å². The van der Waals surface area contributed by atoms with Crippen molar-refractivity contribution in [3.63, 3.8) is 0 Å². The normalized spacial score (nSPS) is 10.5. The summed E-state index contributed by atoms with van der Waals surface area (Å²) in [6, 6.07) is 14.7. The van der Waals surface area contributed by atoms with Crippen LogP contribution in [-0.2, 0) is 4.74 Å². The fourth-order valence-electron chi connectivity index (χ4n) is 2.11. The zero-order valence-corrected chi connectivity index (χ0v) is 12.2. The molecule has 3 aromatic rings. The van der Waals surface area contributed by atoms with Crippen LogP contribution in [-0.4, -0.2) is 23.2 Å². The van der Waals surface area contributed by atoms with Crippen LogP contribution in [0.2, 0.25) is 0 Å². The lowest BCUT2D eigenvalue weighted by Gasteiger charge is -1.99. The molecule has 0 N–H and O–H groups in total. The van der Waals surface area contributed by atoms with Gasteiger partial charge in [-0.15, -0.1) is 0 Å². The SMILES string of the molecule is COC(=O)c1ccc(-c2nc(-c3cccc(C)c3)no2)cc1. The average Bonchev–Trinajstić information content (AvgIpc) is 3.04. The van der Waals surface area contributed by atoms with Crippen LogP contribution < -0.4 is 0 Å².